The van der Waals surface area contributed by atoms with Gasteiger partial charge in [-0.25, -0.2) is 4.98 Å². The summed E-state index contributed by atoms with van der Waals surface area (Å²) in [5.74, 6) is 0.738. The van der Waals surface area contributed by atoms with Gasteiger partial charge < -0.3 is 9.51 Å². The molecule has 0 spiro atoms. The standard InChI is InChI=1S/C18H19N5O2/c1-11(2)17-22-16(25-23-17)9-5-8-15(24)12(10-19)18-20-13-6-3-4-7-14(13)21-18/h3-4,6-7,11-12H,5,8-9H2,1-2H3,(H,20,21)/t12-/m0/s1. The molecule has 0 radical (unpaired) electrons. The molecular weight excluding hydrogens is 318 g/mol. The predicted octanol–water partition coefficient (Wildman–Crippen LogP) is 3.27. The van der Waals surface area contributed by atoms with Crippen molar-refractivity contribution in [3.05, 3.63) is 41.8 Å². The highest BCUT2D eigenvalue weighted by Gasteiger charge is 2.23. The summed E-state index contributed by atoms with van der Waals surface area (Å²) in [4.78, 5) is 24.1. The van der Waals surface area contributed by atoms with Crippen LogP contribution in [0.5, 0.6) is 0 Å². The number of ketones is 1. The number of Topliss-reactive ketones (excluding diaryl/α,β-unsaturated/α-hetero) is 1. The average molecular weight is 337 g/mol. The Morgan fingerprint density at radius 2 is 2.12 bits per heavy atom. The van der Waals surface area contributed by atoms with Gasteiger partial charge in [-0.3, -0.25) is 4.79 Å². The zero-order valence-corrected chi connectivity index (χ0v) is 14.2. The summed E-state index contributed by atoms with van der Waals surface area (Å²) >= 11 is 0. The maximum atomic E-state index is 12.4. The first-order valence-electron chi connectivity index (χ1n) is 8.28. The summed E-state index contributed by atoms with van der Waals surface area (Å²) in [5, 5.41) is 13.3. The van der Waals surface area contributed by atoms with Crippen molar-refractivity contribution in [1.29, 1.82) is 5.26 Å². The van der Waals surface area contributed by atoms with Crippen molar-refractivity contribution in [1.82, 2.24) is 20.1 Å². The Kier molecular flexibility index (Phi) is 4.89. The molecule has 1 aromatic carbocycles. The van der Waals surface area contributed by atoms with Crippen LogP contribution in [0.3, 0.4) is 0 Å². The third kappa shape index (κ3) is 3.74. The van der Waals surface area contributed by atoms with Crippen LogP contribution in [0, 0.1) is 11.3 Å². The Morgan fingerprint density at radius 3 is 2.80 bits per heavy atom. The summed E-state index contributed by atoms with van der Waals surface area (Å²) in [6.45, 7) is 3.98. The van der Waals surface area contributed by atoms with Crippen LogP contribution in [0.1, 0.15) is 56.1 Å². The number of carbonyl (C=O) groups is 1. The number of imidazole rings is 1. The molecule has 25 heavy (non-hydrogen) atoms. The number of carbonyl (C=O) groups excluding carboxylic acids is 1. The molecule has 3 rings (SSSR count). The first kappa shape index (κ1) is 16.8. The first-order valence-corrected chi connectivity index (χ1v) is 8.28. The van der Waals surface area contributed by atoms with Crippen LogP contribution in [0.4, 0.5) is 0 Å². The number of benzene rings is 1. The van der Waals surface area contributed by atoms with E-state index in [4.69, 9.17) is 4.52 Å². The molecule has 0 bridgehead atoms. The largest absolute Gasteiger partial charge is 0.340 e. The molecule has 128 valence electrons. The molecule has 2 aromatic heterocycles. The minimum Gasteiger partial charge on any atom is -0.340 e. The zero-order valence-electron chi connectivity index (χ0n) is 14.2. The fraction of sp³-hybridized carbons (Fsp3) is 0.389. The molecule has 3 aromatic rings. The van der Waals surface area contributed by atoms with Crippen LogP contribution >= 0.6 is 0 Å². The van der Waals surface area contributed by atoms with Gasteiger partial charge in [0.25, 0.3) is 0 Å². The number of aromatic nitrogens is 4. The molecule has 2 heterocycles. The lowest BCUT2D eigenvalue weighted by Crippen LogP contribution is -2.12. The maximum absolute atomic E-state index is 12.4. The average Bonchev–Trinajstić information content (AvgIpc) is 3.22. The highest BCUT2D eigenvalue weighted by atomic mass is 16.5. The predicted molar refractivity (Wildman–Crippen MR) is 90.8 cm³/mol. The molecule has 0 unspecified atom stereocenters. The number of rotatable bonds is 7. The van der Waals surface area contributed by atoms with E-state index < -0.39 is 5.92 Å². The topological polar surface area (TPSA) is 108 Å². The first-order chi connectivity index (χ1) is 12.1. The third-order valence-electron chi connectivity index (χ3n) is 3.95. The van der Waals surface area contributed by atoms with Crippen molar-refractivity contribution in [3.8, 4) is 6.07 Å². The van der Waals surface area contributed by atoms with Gasteiger partial charge in [-0.1, -0.05) is 31.1 Å². The van der Waals surface area contributed by atoms with E-state index in [-0.39, 0.29) is 18.1 Å². The molecule has 0 aliphatic heterocycles. The van der Waals surface area contributed by atoms with Gasteiger partial charge in [-0.15, -0.1) is 0 Å². The molecule has 1 atom stereocenters. The van der Waals surface area contributed by atoms with Gasteiger partial charge in [-0.05, 0) is 18.6 Å². The van der Waals surface area contributed by atoms with Crippen molar-refractivity contribution in [3.63, 3.8) is 0 Å². The van der Waals surface area contributed by atoms with Gasteiger partial charge >= 0.3 is 0 Å². The molecule has 0 saturated carbocycles. The Balaban J connectivity index is 1.61. The van der Waals surface area contributed by atoms with Crippen LogP contribution in [0.25, 0.3) is 11.0 Å². The van der Waals surface area contributed by atoms with Crippen molar-refractivity contribution >= 4 is 16.8 Å². The van der Waals surface area contributed by atoms with Gasteiger partial charge in [0.2, 0.25) is 5.89 Å². The van der Waals surface area contributed by atoms with Crippen molar-refractivity contribution in [2.45, 2.75) is 44.9 Å². The number of nitriles is 1. The van der Waals surface area contributed by atoms with Crippen molar-refractivity contribution in [2.75, 3.05) is 0 Å². The van der Waals surface area contributed by atoms with E-state index >= 15 is 0 Å². The summed E-state index contributed by atoms with van der Waals surface area (Å²) in [7, 11) is 0. The maximum Gasteiger partial charge on any atom is 0.226 e. The number of aryl methyl sites for hydroxylation is 1. The number of H-pyrrole nitrogens is 1. The fourth-order valence-corrected chi connectivity index (χ4v) is 2.56. The second-order valence-electron chi connectivity index (χ2n) is 6.22. The smallest absolute Gasteiger partial charge is 0.226 e. The lowest BCUT2D eigenvalue weighted by atomic mass is 10.0. The molecule has 0 aliphatic carbocycles. The Morgan fingerprint density at radius 1 is 1.32 bits per heavy atom. The second kappa shape index (κ2) is 7.26. The molecule has 7 nitrogen and oxygen atoms in total. The lowest BCUT2D eigenvalue weighted by Gasteiger charge is -2.04. The number of nitrogens with one attached hydrogen (secondary N) is 1. The zero-order chi connectivity index (χ0) is 17.8. The Labute approximate surface area is 145 Å². The van der Waals surface area contributed by atoms with E-state index in [0.717, 1.165) is 11.0 Å². The monoisotopic (exact) mass is 337 g/mol. The molecule has 1 N–H and O–H groups in total. The highest BCUT2D eigenvalue weighted by Crippen LogP contribution is 2.20. The molecular formula is C18H19N5O2. The van der Waals surface area contributed by atoms with E-state index in [1.165, 1.54) is 0 Å². The normalized spacial score (nSPS) is 12.4. The second-order valence-corrected chi connectivity index (χ2v) is 6.22. The SMILES string of the molecule is CC(C)c1noc(CCCC(=O)[C@H](C#N)c2nc3ccccc3[nH]2)n1. The number of nitrogens with zero attached hydrogens (tertiary/aromatic N) is 4. The van der Waals surface area contributed by atoms with Crippen molar-refractivity contribution < 1.29 is 9.32 Å². The molecule has 0 aliphatic rings. The Bertz CT molecular complexity index is 886. The van der Waals surface area contributed by atoms with Crippen LogP contribution in [0.2, 0.25) is 0 Å². The van der Waals surface area contributed by atoms with Gasteiger partial charge in [-0.2, -0.15) is 10.2 Å². The molecule has 0 saturated heterocycles. The van der Waals surface area contributed by atoms with E-state index in [9.17, 15) is 10.1 Å². The molecule has 0 fully saturated rings. The number of fused-ring (bicyclic) bond motifs is 1. The summed E-state index contributed by atoms with van der Waals surface area (Å²) in [5.41, 5.74) is 1.57. The van der Waals surface area contributed by atoms with Crippen LogP contribution < -0.4 is 0 Å². The fourth-order valence-electron chi connectivity index (χ4n) is 2.56. The number of para-hydroxylation sites is 2. The molecule has 7 heteroatoms. The van der Waals surface area contributed by atoms with E-state index in [2.05, 4.69) is 26.2 Å². The summed E-state index contributed by atoms with van der Waals surface area (Å²) in [6.07, 6.45) is 1.33. The number of hydrogen-bond acceptors (Lipinski definition) is 6. The number of hydrogen-bond donors (Lipinski definition) is 1. The van der Waals surface area contributed by atoms with Crippen LogP contribution in [-0.4, -0.2) is 25.9 Å². The number of aromatic amines is 1. The van der Waals surface area contributed by atoms with Crippen LogP contribution in [-0.2, 0) is 11.2 Å². The minimum absolute atomic E-state index is 0.162. The van der Waals surface area contributed by atoms with E-state index in [1.807, 2.05) is 38.1 Å². The summed E-state index contributed by atoms with van der Waals surface area (Å²) < 4.78 is 5.16. The van der Waals surface area contributed by atoms with E-state index in [0.29, 0.717) is 30.4 Å². The van der Waals surface area contributed by atoms with Crippen molar-refractivity contribution in [2.24, 2.45) is 0 Å². The quantitative estimate of drug-likeness (QED) is 0.708. The highest BCUT2D eigenvalue weighted by molar-refractivity contribution is 5.88. The lowest BCUT2D eigenvalue weighted by molar-refractivity contribution is -0.119. The van der Waals surface area contributed by atoms with Gasteiger partial charge in [0.1, 0.15) is 5.82 Å². The molecule has 0 amide bonds. The third-order valence-corrected chi connectivity index (χ3v) is 3.95. The minimum atomic E-state index is -0.888. The van der Waals surface area contributed by atoms with Crippen LogP contribution in [0.15, 0.2) is 28.8 Å². The van der Waals surface area contributed by atoms with Gasteiger partial charge in [0, 0.05) is 18.8 Å². The van der Waals surface area contributed by atoms with Gasteiger partial charge in [0.05, 0.1) is 17.1 Å². The Hall–Kier alpha value is -3.01. The summed E-state index contributed by atoms with van der Waals surface area (Å²) in [6, 6.07) is 9.51. The van der Waals surface area contributed by atoms with E-state index in [1.54, 1.807) is 0 Å². The van der Waals surface area contributed by atoms with Gasteiger partial charge in [0.15, 0.2) is 17.5 Å².